The van der Waals surface area contributed by atoms with Crippen LogP contribution in [0.2, 0.25) is 0 Å². The molecule has 0 aromatic rings. The minimum atomic E-state index is -0.769. The summed E-state index contributed by atoms with van der Waals surface area (Å²) in [7, 11) is 0. The zero-order valence-electron chi connectivity index (χ0n) is 40.2. The maximum absolute atomic E-state index is 12.8. The number of carbonyl (C=O) groups is 3. The van der Waals surface area contributed by atoms with E-state index in [0.717, 1.165) is 64.2 Å². The molecule has 1 atom stereocenters. The number of rotatable bonds is 48. The molecule has 6 heteroatoms. The van der Waals surface area contributed by atoms with Gasteiger partial charge in [-0.05, 0) is 64.2 Å². The summed E-state index contributed by atoms with van der Waals surface area (Å²) in [6.07, 6.45) is 55.9. The zero-order chi connectivity index (χ0) is 43.7. The lowest BCUT2D eigenvalue weighted by atomic mass is 10.0. The molecule has 0 rings (SSSR count). The first-order valence-electron chi connectivity index (χ1n) is 26.3. The molecule has 0 bridgehead atoms. The molecular weight excluding hydrogens is 745 g/mol. The highest BCUT2D eigenvalue weighted by Gasteiger charge is 2.19. The lowest BCUT2D eigenvalue weighted by molar-refractivity contribution is -0.167. The van der Waals surface area contributed by atoms with Crippen molar-refractivity contribution >= 4 is 17.9 Å². The van der Waals surface area contributed by atoms with Crippen molar-refractivity contribution in [3.8, 4) is 0 Å². The van der Waals surface area contributed by atoms with E-state index in [2.05, 4.69) is 45.1 Å². The van der Waals surface area contributed by atoms with Crippen LogP contribution in [0.1, 0.15) is 284 Å². The number of esters is 3. The Labute approximate surface area is 373 Å². The molecule has 0 aromatic carbocycles. The Morgan fingerprint density at radius 2 is 0.567 bits per heavy atom. The molecule has 0 saturated heterocycles. The zero-order valence-corrected chi connectivity index (χ0v) is 40.2. The van der Waals surface area contributed by atoms with Crippen molar-refractivity contribution in [1.29, 1.82) is 0 Å². The molecule has 0 heterocycles. The molecular formula is C54H100O6. The predicted molar refractivity (Wildman–Crippen MR) is 256 cm³/mol. The summed E-state index contributed by atoms with van der Waals surface area (Å²) < 4.78 is 16.8. The highest BCUT2D eigenvalue weighted by molar-refractivity contribution is 5.71. The largest absolute Gasteiger partial charge is 0.462 e. The molecule has 0 aliphatic carbocycles. The second-order valence-corrected chi connectivity index (χ2v) is 17.8. The Balaban J connectivity index is 4.28. The van der Waals surface area contributed by atoms with Crippen LogP contribution in [0.4, 0.5) is 0 Å². The van der Waals surface area contributed by atoms with Crippen LogP contribution < -0.4 is 0 Å². The van der Waals surface area contributed by atoms with E-state index in [4.69, 9.17) is 14.2 Å². The van der Waals surface area contributed by atoms with E-state index in [1.54, 1.807) is 0 Å². The van der Waals surface area contributed by atoms with Crippen molar-refractivity contribution in [3.05, 3.63) is 24.3 Å². The first-order valence-corrected chi connectivity index (χ1v) is 26.3. The van der Waals surface area contributed by atoms with Crippen LogP contribution >= 0.6 is 0 Å². The van der Waals surface area contributed by atoms with Gasteiger partial charge in [0.25, 0.3) is 0 Å². The molecule has 0 saturated carbocycles. The van der Waals surface area contributed by atoms with Gasteiger partial charge in [-0.15, -0.1) is 0 Å². The molecule has 60 heavy (non-hydrogen) atoms. The molecule has 6 nitrogen and oxygen atoms in total. The third-order valence-corrected chi connectivity index (χ3v) is 11.7. The predicted octanol–water partition coefficient (Wildman–Crippen LogP) is 17.2. The molecule has 0 aliphatic rings. The van der Waals surface area contributed by atoms with Crippen LogP contribution in [-0.4, -0.2) is 37.2 Å². The van der Waals surface area contributed by atoms with E-state index < -0.39 is 6.10 Å². The molecule has 0 aliphatic heterocycles. The molecule has 0 aromatic heterocycles. The highest BCUT2D eigenvalue weighted by atomic mass is 16.6. The van der Waals surface area contributed by atoms with Gasteiger partial charge < -0.3 is 14.2 Å². The Morgan fingerprint density at radius 3 is 0.883 bits per heavy atom. The van der Waals surface area contributed by atoms with Gasteiger partial charge in [-0.3, -0.25) is 14.4 Å². The normalized spacial score (nSPS) is 12.1. The van der Waals surface area contributed by atoms with Crippen molar-refractivity contribution in [3.63, 3.8) is 0 Å². The number of hydrogen-bond donors (Lipinski definition) is 0. The summed E-state index contributed by atoms with van der Waals surface area (Å²) >= 11 is 0. The first-order chi connectivity index (χ1) is 29.5. The number of carbonyl (C=O) groups excluding carboxylic acids is 3. The fourth-order valence-electron chi connectivity index (χ4n) is 7.65. The molecule has 0 radical (unpaired) electrons. The molecule has 0 amide bonds. The SMILES string of the molecule is CCCC/C=C\CCCCCCCC(=O)OC[C@@H](COC(=O)CCCCCCCCCCC/C=C\CCCCCCCC)OC(=O)CCCCCCCCCCCCCC. The molecule has 0 spiro atoms. The second-order valence-electron chi connectivity index (χ2n) is 17.8. The third-order valence-electron chi connectivity index (χ3n) is 11.7. The van der Waals surface area contributed by atoms with Crippen molar-refractivity contribution < 1.29 is 28.6 Å². The fraction of sp³-hybridized carbons (Fsp3) is 0.870. The Morgan fingerprint density at radius 1 is 0.317 bits per heavy atom. The van der Waals surface area contributed by atoms with Gasteiger partial charge in [-0.25, -0.2) is 0 Å². The van der Waals surface area contributed by atoms with Gasteiger partial charge >= 0.3 is 17.9 Å². The number of allylic oxidation sites excluding steroid dienone is 4. The van der Waals surface area contributed by atoms with Crippen LogP contribution in [0.5, 0.6) is 0 Å². The molecule has 0 N–H and O–H groups in total. The lowest BCUT2D eigenvalue weighted by Crippen LogP contribution is -2.30. The van der Waals surface area contributed by atoms with Crippen LogP contribution in [0.3, 0.4) is 0 Å². The molecule has 352 valence electrons. The summed E-state index contributed by atoms with van der Waals surface area (Å²) in [6, 6.07) is 0. The van der Waals surface area contributed by atoms with E-state index in [1.807, 2.05) is 0 Å². The lowest BCUT2D eigenvalue weighted by Gasteiger charge is -2.18. The van der Waals surface area contributed by atoms with Crippen LogP contribution in [-0.2, 0) is 28.6 Å². The summed E-state index contributed by atoms with van der Waals surface area (Å²) in [5.74, 6) is -0.871. The smallest absolute Gasteiger partial charge is 0.306 e. The number of ether oxygens (including phenoxy) is 3. The van der Waals surface area contributed by atoms with Crippen LogP contribution in [0.15, 0.2) is 24.3 Å². The van der Waals surface area contributed by atoms with Crippen LogP contribution in [0.25, 0.3) is 0 Å². The van der Waals surface area contributed by atoms with Crippen molar-refractivity contribution in [2.24, 2.45) is 0 Å². The molecule has 0 fully saturated rings. The monoisotopic (exact) mass is 845 g/mol. The van der Waals surface area contributed by atoms with E-state index in [9.17, 15) is 14.4 Å². The van der Waals surface area contributed by atoms with Gasteiger partial charge in [0.05, 0.1) is 0 Å². The number of hydrogen-bond acceptors (Lipinski definition) is 6. The van der Waals surface area contributed by atoms with E-state index in [-0.39, 0.29) is 31.1 Å². The topological polar surface area (TPSA) is 78.9 Å². The van der Waals surface area contributed by atoms with Crippen LogP contribution in [0, 0.1) is 0 Å². The number of unbranched alkanes of at least 4 members (excludes halogenated alkanes) is 33. The minimum absolute atomic E-state index is 0.0713. The van der Waals surface area contributed by atoms with Gasteiger partial charge in [0, 0.05) is 19.3 Å². The molecule has 0 unspecified atom stereocenters. The Bertz CT molecular complexity index is 973. The summed E-state index contributed by atoms with van der Waals surface area (Å²) in [6.45, 7) is 6.61. The maximum atomic E-state index is 12.8. The quantitative estimate of drug-likeness (QED) is 0.0263. The highest BCUT2D eigenvalue weighted by Crippen LogP contribution is 2.16. The average molecular weight is 845 g/mol. The van der Waals surface area contributed by atoms with Gasteiger partial charge in [-0.1, -0.05) is 225 Å². The summed E-state index contributed by atoms with van der Waals surface area (Å²) in [5, 5.41) is 0. The van der Waals surface area contributed by atoms with E-state index >= 15 is 0 Å². The standard InChI is InChI=1S/C54H100O6/c1-4-7-10-13-16-19-22-24-25-26-27-28-29-30-33-35-38-41-44-47-53(56)59-50-51(49-58-52(55)46-43-40-37-34-31-21-18-15-12-9-6-3)60-54(57)48-45-42-39-36-32-23-20-17-14-11-8-5-2/h15,18,24-25,51H,4-14,16-17,19-23,26-50H2,1-3H3/b18-15-,25-24-/t51-/m0/s1. The van der Waals surface area contributed by atoms with E-state index in [1.165, 1.54) is 180 Å². The summed E-state index contributed by atoms with van der Waals surface area (Å²) in [5.41, 5.74) is 0. The van der Waals surface area contributed by atoms with Gasteiger partial charge in [0.1, 0.15) is 13.2 Å². The average Bonchev–Trinajstić information content (AvgIpc) is 3.24. The van der Waals surface area contributed by atoms with E-state index in [0.29, 0.717) is 19.3 Å². The van der Waals surface area contributed by atoms with Crippen molar-refractivity contribution in [2.75, 3.05) is 13.2 Å². The third kappa shape index (κ3) is 46.9. The Hall–Kier alpha value is -2.11. The second kappa shape index (κ2) is 49.5. The minimum Gasteiger partial charge on any atom is -0.462 e. The van der Waals surface area contributed by atoms with Crippen molar-refractivity contribution in [2.45, 2.75) is 290 Å². The maximum Gasteiger partial charge on any atom is 0.306 e. The van der Waals surface area contributed by atoms with Gasteiger partial charge in [-0.2, -0.15) is 0 Å². The van der Waals surface area contributed by atoms with Gasteiger partial charge in [0.15, 0.2) is 6.10 Å². The Kier molecular flexibility index (Phi) is 47.8. The van der Waals surface area contributed by atoms with Gasteiger partial charge in [0.2, 0.25) is 0 Å². The first kappa shape index (κ1) is 57.9. The van der Waals surface area contributed by atoms with Crippen molar-refractivity contribution in [1.82, 2.24) is 0 Å². The fourth-order valence-corrected chi connectivity index (χ4v) is 7.65. The summed E-state index contributed by atoms with van der Waals surface area (Å²) in [4.78, 5) is 37.9.